The minimum absolute atomic E-state index is 0. The second-order valence-corrected chi connectivity index (χ2v) is 35.7. The van der Waals surface area contributed by atoms with Gasteiger partial charge in [-0.05, 0) is 142 Å². The molecule has 2 heterocycles. The summed E-state index contributed by atoms with van der Waals surface area (Å²) in [5.74, 6) is -7.33. The summed E-state index contributed by atoms with van der Waals surface area (Å²) in [5, 5.41) is 21.8. The second-order valence-electron chi connectivity index (χ2n) is 22.3. The van der Waals surface area contributed by atoms with E-state index in [0.29, 0.717) is 27.6 Å². The zero-order chi connectivity index (χ0) is 55.9. The van der Waals surface area contributed by atoms with Gasteiger partial charge in [0.05, 0.1) is 24.7 Å². The summed E-state index contributed by atoms with van der Waals surface area (Å²) in [5.41, 5.74) is -13.8. The minimum atomic E-state index is -2.35. The summed E-state index contributed by atoms with van der Waals surface area (Å²) in [4.78, 5) is 77.4. The van der Waals surface area contributed by atoms with Gasteiger partial charge in [0, 0.05) is 45.3 Å². The van der Waals surface area contributed by atoms with E-state index in [1.54, 1.807) is 34.0 Å². The number of fused-ring (bicyclic) bond motifs is 10. The van der Waals surface area contributed by atoms with Crippen LogP contribution in [-0.2, 0) is 38.1 Å². The van der Waals surface area contributed by atoms with Crippen molar-refractivity contribution in [3.05, 3.63) is 95.9 Å². The van der Waals surface area contributed by atoms with E-state index in [1.807, 2.05) is 0 Å². The number of esters is 2. The number of thioether (sulfide) groups is 2. The SMILES string of the molecule is CSC(=O)[C@@]1(OC(=O)c2ccco2)[C@H](C)CC2C3C[C@H](F)C4=CC(=O)C=C[C@]4(C)[C@@]3(F)[C@@H](O)C[C@@]21C.C[C@@H]1CC2C3C[C@H](F)C4=CC(=O)C=C[C@]4(C)[C@@]3(F)[C@@H](O)C[C@]2(C)[C@@]1(OC(=O)c1ccco1)C(=O)SCF.I.[I][V][I]. The van der Waals surface area contributed by atoms with Crippen molar-refractivity contribution < 1.29 is 88.7 Å². The first kappa shape index (κ1) is 62.8. The number of carbonyl (C=O) groups excluding carboxylic acids is 6. The van der Waals surface area contributed by atoms with Gasteiger partial charge in [-0.3, -0.25) is 19.2 Å². The van der Waals surface area contributed by atoms with E-state index in [1.165, 1.54) is 74.9 Å². The van der Waals surface area contributed by atoms with E-state index in [0.717, 1.165) is 23.9 Å². The molecule has 2 aromatic rings. The van der Waals surface area contributed by atoms with Gasteiger partial charge in [-0.15, -0.1) is 24.0 Å². The standard InChI is InChI=1S/C27H29F3O6S.C27H30F2O6S.3HI.V/c1-14-9-16-17-11-19(29)18-10-15(31)6-7-24(18,2)26(17,30)21(32)12-25(16,3)27(14,23(34)37-13-28)36-22(33)20-5-4-8-35-20;1-14-10-16-17-12-19(28)18-11-15(30)7-8-24(18,2)26(17,29)21(31)13-25(16,3)27(14,23(33)36-4)35-22(32)20-6-5-9-34-20;;;;/h4-8,10,14,16-17,19,21,32H,9,11-13H2,1-3H3;5-9,11,14,16-17,19,21,31H,10,12-13H2,1-4H3;3*1H;/q;;;;;+2/p-2/t2*14-,16?,17?,19+,21+,24+,25+,26+,27+;;;;/m11..../s1. The molecule has 0 radical (unpaired) electrons. The predicted octanol–water partition coefficient (Wildman–Crippen LogP) is 11.9. The fourth-order valence-electron chi connectivity index (χ4n) is 15.9. The molecule has 0 amide bonds. The van der Waals surface area contributed by atoms with Crippen molar-refractivity contribution in [3.63, 3.8) is 0 Å². The molecule has 8 aliphatic carbocycles. The number of rotatable bonds is 7. The normalized spacial score (nSPS) is 42.8. The van der Waals surface area contributed by atoms with Gasteiger partial charge >= 0.3 is 61.4 Å². The Morgan fingerprint density at radius 1 is 0.701 bits per heavy atom. The molecule has 2 aromatic heterocycles. The second kappa shape index (κ2) is 22.7. The Morgan fingerprint density at radius 2 is 1.08 bits per heavy atom. The van der Waals surface area contributed by atoms with Crippen molar-refractivity contribution in [2.24, 2.45) is 57.2 Å². The average Bonchev–Trinajstić information content (AvgIpc) is 4.19. The van der Waals surface area contributed by atoms with Crippen LogP contribution in [0.3, 0.4) is 0 Å². The first-order valence-corrected chi connectivity index (χ1v) is 36.1. The number of aliphatic hydroxyl groups is 2. The summed E-state index contributed by atoms with van der Waals surface area (Å²) in [7, 11) is 0.628. The number of allylic oxidation sites excluding steroid dienone is 8. The number of ketones is 2. The van der Waals surface area contributed by atoms with Gasteiger partial charge in [-0.1, -0.05) is 51.6 Å². The Morgan fingerprint density at radius 3 is 1.42 bits per heavy atom. The van der Waals surface area contributed by atoms with Gasteiger partial charge < -0.3 is 28.5 Å². The van der Waals surface area contributed by atoms with Crippen LogP contribution in [0, 0.1) is 57.2 Å². The number of halogens is 8. The Hall–Kier alpha value is -1.82. The Balaban J connectivity index is 0.000000210. The molecule has 0 spiro atoms. The number of hydrogen-bond acceptors (Lipinski definition) is 14. The molecular formula is C54H60F5I3O12S2V. The van der Waals surface area contributed by atoms with Crippen LogP contribution in [0.25, 0.3) is 0 Å². The molecule has 6 fully saturated rings. The molecule has 0 bridgehead atoms. The number of furan rings is 2. The monoisotopic (exact) mass is 1490 g/mol. The molecule has 0 aliphatic heterocycles. The fourth-order valence-corrected chi connectivity index (χ4v) is 17.5. The van der Waals surface area contributed by atoms with Crippen LogP contribution in [0.15, 0.2) is 93.2 Å². The summed E-state index contributed by atoms with van der Waals surface area (Å²) in [6.07, 6.45) is 4.54. The molecule has 4 unspecified atom stereocenters. The van der Waals surface area contributed by atoms with E-state index in [2.05, 4.69) is 40.0 Å². The van der Waals surface area contributed by atoms with Gasteiger partial charge in [0.15, 0.2) is 34.1 Å². The summed E-state index contributed by atoms with van der Waals surface area (Å²) < 4.78 is 102. The molecule has 23 heteroatoms. The van der Waals surface area contributed by atoms with Crippen LogP contribution in [0.1, 0.15) is 101 Å². The molecule has 6 saturated carbocycles. The molecule has 10 rings (SSSR count). The van der Waals surface area contributed by atoms with Gasteiger partial charge in [-0.2, -0.15) is 0 Å². The Labute approximate surface area is 497 Å². The fraction of sp³-hybridized carbons (Fsp3) is 0.593. The third-order valence-corrected chi connectivity index (χ3v) is 20.6. The third-order valence-electron chi connectivity index (χ3n) is 19.3. The first-order chi connectivity index (χ1) is 35.6. The first-order valence-electron chi connectivity index (χ1n) is 24.8. The van der Waals surface area contributed by atoms with Crippen molar-refractivity contribution in [1.29, 1.82) is 0 Å². The summed E-state index contributed by atoms with van der Waals surface area (Å²) >= 11 is 6.00. The molecule has 0 saturated heterocycles. The number of aliphatic hydroxyl groups excluding tert-OH is 2. The van der Waals surface area contributed by atoms with Crippen LogP contribution >= 0.6 is 87.5 Å². The molecule has 12 nitrogen and oxygen atoms in total. The molecule has 2 N–H and O–H groups in total. The number of ether oxygens (including phenoxy) is 2. The predicted molar refractivity (Wildman–Crippen MR) is 301 cm³/mol. The van der Waals surface area contributed by atoms with E-state index in [4.69, 9.17) is 18.3 Å². The number of hydrogen-bond donors (Lipinski definition) is 2. The topological polar surface area (TPSA) is 188 Å². The number of carbonyl (C=O) groups is 6. The summed E-state index contributed by atoms with van der Waals surface area (Å²) in [6, 6.07) is 4.74. The van der Waals surface area contributed by atoms with Gasteiger partial charge in [-0.25, -0.2) is 31.5 Å². The Kier molecular flexibility index (Phi) is 18.5. The molecule has 18 atom stereocenters. The van der Waals surface area contributed by atoms with E-state index < -0.39 is 144 Å². The zero-order valence-electron chi connectivity index (χ0n) is 42.9. The summed E-state index contributed by atoms with van der Waals surface area (Å²) in [6.45, 7) is 9.85. The Bertz CT molecular complexity index is 2790. The van der Waals surface area contributed by atoms with Crippen LogP contribution in [-0.4, -0.2) is 103 Å². The maximum absolute atomic E-state index is 17.4. The average molecular weight is 1490 g/mol. The quantitative estimate of drug-likeness (QED) is 0.151. The molecular weight excluding hydrogens is 1430 g/mol. The van der Waals surface area contributed by atoms with Crippen molar-refractivity contribution in [2.45, 2.75) is 127 Å². The number of alkyl halides is 5. The zero-order valence-corrected chi connectivity index (χ0v) is 52.6. The van der Waals surface area contributed by atoms with Gasteiger partial charge in [0.1, 0.15) is 18.3 Å². The molecule has 8 aliphatic rings. The van der Waals surface area contributed by atoms with Crippen LogP contribution in [0.2, 0.25) is 0 Å². The third kappa shape index (κ3) is 9.18. The van der Waals surface area contributed by atoms with Crippen LogP contribution in [0.5, 0.6) is 0 Å². The molecule has 77 heavy (non-hydrogen) atoms. The van der Waals surface area contributed by atoms with Gasteiger partial charge in [0.2, 0.25) is 21.8 Å². The van der Waals surface area contributed by atoms with Gasteiger partial charge in [0.25, 0.3) is 0 Å². The van der Waals surface area contributed by atoms with Crippen molar-refractivity contribution >= 4 is 121 Å². The molecule has 421 valence electrons. The van der Waals surface area contributed by atoms with Crippen LogP contribution < -0.4 is 0 Å². The van der Waals surface area contributed by atoms with Crippen molar-refractivity contribution in [3.8, 4) is 0 Å². The van der Waals surface area contributed by atoms with Crippen LogP contribution in [0.4, 0.5) is 22.0 Å². The molecule has 0 aromatic carbocycles. The van der Waals surface area contributed by atoms with E-state index in [9.17, 15) is 43.4 Å². The maximum atomic E-state index is 17.4. The van der Waals surface area contributed by atoms with Crippen molar-refractivity contribution in [1.82, 2.24) is 0 Å². The van der Waals surface area contributed by atoms with E-state index >= 15 is 17.6 Å². The van der Waals surface area contributed by atoms with E-state index in [-0.39, 0.29) is 78.7 Å². The van der Waals surface area contributed by atoms with Crippen molar-refractivity contribution in [2.75, 3.05) is 12.3 Å².